The molecule has 0 unspecified atom stereocenters. The number of hydrogen-bond acceptors (Lipinski definition) is 11. The van der Waals surface area contributed by atoms with Crippen molar-refractivity contribution >= 4 is 29.2 Å². The van der Waals surface area contributed by atoms with Gasteiger partial charge in [0.15, 0.2) is 4.34 Å². The van der Waals surface area contributed by atoms with E-state index in [-0.39, 0.29) is 5.95 Å². The fourth-order valence-electron chi connectivity index (χ4n) is 1.27. The van der Waals surface area contributed by atoms with E-state index in [1.54, 1.807) is 0 Å². The van der Waals surface area contributed by atoms with E-state index in [0.717, 1.165) is 4.34 Å². The molecule has 0 saturated carbocycles. The van der Waals surface area contributed by atoms with E-state index in [9.17, 15) is 0 Å². The third-order valence-corrected chi connectivity index (χ3v) is 3.75. The molecule has 0 bridgehead atoms. The molecule has 3 aromatic heterocycles. The number of nitrogen functional groups attached to an aromatic ring is 1. The molecule has 3 N–H and O–H groups in total. The standard InChI is InChI=1S/C8H8N10S2/c1-4-12-8(20-17-4)19-7-14-5(16-9)13-6(15-7)18-3-10-2-11-18/h2-3H,9H2,1H3,(H,13,14,15,16). The summed E-state index contributed by atoms with van der Waals surface area (Å²) in [6.07, 6.45) is 2.87. The monoisotopic (exact) mass is 308 g/mol. The molecule has 0 atom stereocenters. The molecular weight excluding hydrogens is 300 g/mol. The minimum atomic E-state index is 0.231. The topological polar surface area (TPSA) is 133 Å². The lowest BCUT2D eigenvalue weighted by atomic mass is 10.8. The predicted octanol–water partition coefficient (Wildman–Crippen LogP) is 0.0490. The fraction of sp³-hybridized carbons (Fsp3) is 0.125. The lowest BCUT2D eigenvalue weighted by Gasteiger charge is -2.04. The first-order valence-corrected chi connectivity index (χ1v) is 6.89. The Bertz CT molecular complexity index is 708. The van der Waals surface area contributed by atoms with Gasteiger partial charge in [0.05, 0.1) is 0 Å². The van der Waals surface area contributed by atoms with E-state index in [2.05, 4.69) is 39.8 Å². The van der Waals surface area contributed by atoms with Crippen LogP contribution in [0.1, 0.15) is 5.82 Å². The number of aryl methyl sites for hydroxylation is 1. The maximum Gasteiger partial charge on any atom is 0.257 e. The molecule has 3 heterocycles. The van der Waals surface area contributed by atoms with Crippen LogP contribution in [0.25, 0.3) is 5.95 Å². The quantitative estimate of drug-likeness (QED) is 0.503. The molecule has 0 aliphatic carbocycles. The van der Waals surface area contributed by atoms with E-state index < -0.39 is 0 Å². The molecule has 3 aromatic rings. The average molecular weight is 308 g/mol. The maximum absolute atomic E-state index is 5.36. The molecule has 3 rings (SSSR count). The highest BCUT2D eigenvalue weighted by atomic mass is 32.2. The second kappa shape index (κ2) is 5.44. The van der Waals surface area contributed by atoms with Crippen LogP contribution < -0.4 is 11.3 Å². The predicted molar refractivity (Wildman–Crippen MR) is 71.3 cm³/mol. The van der Waals surface area contributed by atoms with Crippen LogP contribution in [0.3, 0.4) is 0 Å². The summed E-state index contributed by atoms with van der Waals surface area (Å²) in [6, 6.07) is 0. The summed E-state index contributed by atoms with van der Waals surface area (Å²) in [4.78, 5) is 20.6. The Morgan fingerprint density at radius 3 is 2.85 bits per heavy atom. The van der Waals surface area contributed by atoms with Crippen molar-refractivity contribution in [2.75, 3.05) is 5.43 Å². The number of hydrazine groups is 1. The molecule has 0 radical (unpaired) electrons. The van der Waals surface area contributed by atoms with Crippen LogP contribution in [0.5, 0.6) is 0 Å². The highest BCUT2D eigenvalue weighted by Gasteiger charge is 2.11. The number of rotatable bonds is 4. The van der Waals surface area contributed by atoms with Gasteiger partial charge in [-0.15, -0.1) is 0 Å². The lowest BCUT2D eigenvalue weighted by Crippen LogP contribution is -2.14. The van der Waals surface area contributed by atoms with Crippen molar-refractivity contribution in [2.24, 2.45) is 5.84 Å². The van der Waals surface area contributed by atoms with Crippen molar-refractivity contribution in [3.8, 4) is 5.95 Å². The first-order chi connectivity index (χ1) is 9.74. The maximum atomic E-state index is 5.36. The van der Waals surface area contributed by atoms with Gasteiger partial charge >= 0.3 is 0 Å². The van der Waals surface area contributed by atoms with E-state index in [1.807, 2.05) is 6.92 Å². The van der Waals surface area contributed by atoms with Gasteiger partial charge in [-0.1, -0.05) is 0 Å². The molecule has 0 fully saturated rings. The second-order valence-corrected chi connectivity index (χ2v) is 5.40. The SMILES string of the molecule is Cc1nsc(Sc2nc(NN)nc(-n3cncn3)n2)n1. The highest BCUT2D eigenvalue weighted by molar-refractivity contribution is 8.00. The minimum Gasteiger partial charge on any atom is -0.292 e. The van der Waals surface area contributed by atoms with Crippen LogP contribution in [0, 0.1) is 6.92 Å². The summed E-state index contributed by atoms with van der Waals surface area (Å²) in [7, 11) is 0. The van der Waals surface area contributed by atoms with Gasteiger partial charge in [0.1, 0.15) is 18.5 Å². The van der Waals surface area contributed by atoms with Crippen molar-refractivity contribution in [3.63, 3.8) is 0 Å². The van der Waals surface area contributed by atoms with Crippen molar-refractivity contribution < 1.29 is 0 Å². The summed E-state index contributed by atoms with van der Waals surface area (Å²) in [5, 5.41) is 4.40. The normalized spacial score (nSPS) is 10.7. The molecule has 0 aliphatic rings. The molecule has 0 spiro atoms. The molecule has 0 aromatic carbocycles. The number of nitrogens with two attached hydrogens (primary N) is 1. The molecule has 10 nitrogen and oxygen atoms in total. The Morgan fingerprint density at radius 1 is 1.30 bits per heavy atom. The number of anilines is 1. The molecule has 0 amide bonds. The largest absolute Gasteiger partial charge is 0.292 e. The Labute approximate surface area is 121 Å². The van der Waals surface area contributed by atoms with Crippen molar-refractivity contribution in [2.45, 2.75) is 16.4 Å². The molecule has 12 heteroatoms. The first kappa shape index (κ1) is 12.8. The van der Waals surface area contributed by atoms with Gasteiger partial charge in [-0.2, -0.15) is 29.1 Å². The molecular formula is C8H8N10S2. The van der Waals surface area contributed by atoms with Crippen molar-refractivity contribution in [1.82, 2.24) is 39.1 Å². The van der Waals surface area contributed by atoms with Crippen molar-refractivity contribution in [3.05, 3.63) is 18.5 Å². The van der Waals surface area contributed by atoms with E-state index in [4.69, 9.17) is 5.84 Å². The zero-order valence-electron chi connectivity index (χ0n) is 10.1. The van der Waals surface area contributed by atoms with Gasteiger partial charge in [0, 0.05) is 0 Å². The zero-order chi connectivity index (χ0) is 13.9. The third kappa shape index (κ3) is 2.71. The Kier molecular flexibility index (Phi) is 3.49. The van der Waals surface area contributed by atoms with Crippen LogP contribution in [0.2, 0.25) is 0 Å². The third-order valence-electron chi connectivity index (χ3n) is 2.04. The number of hydrogen-bond donors (Lipinski definition) is 2. The van der Waals surface area contributed by atoms with E-state index in [1.165, 1.54) is 40.6 Å². The molecule has 0 saturated heterocycles. The van der Waals surface area contributed by atoms with Gasteiger partial charge < -0.3 is 0 Å². The Balaban J connectivity index is 1.96. The van der Waals surface area contributed by atoms with Gasteiger partial charge in [-0.3, -0.25) is 5.43 Å². The summed E-state index contributed by atoms with van der Waals surface area (Å²) in [6.45, 7) is 1.82. The fourth-order valence-corrected chi connectivity index (χ4v) is 2.77. The summed E-state index contributed by atoms with van der Waals surface area (Å²) in [5.41, 5.74) is 2.39. The van der Waals surface area contributed by atoms with Gasteiger partial charge in [-0.25, -0.2) is 15.8 Å². The number of nitrogens with one attached hydrogen (secondary N) is 1. The van der Waals surface area contributed by atoms with E-state index >= 15 is 0 Å². The number of nitrogens with zero attached hydrogens (tertiary/aromatic N) is 8. The van der Waals surface area contributed by atoms with Crippen LogP contribution in [-0.2, 0) is 0 Å². The summed E-state index contributed by atoms with van der Waals surface area (Å²) in [5.74, 6) is 6.61. The van der Waals surface area contributed by atoms with Gasteiger partial charge in [0.2, 0.25) is 11.1 Å². The van der Waals surface area contributed by atoms with Gasteiger partial charge in [-0.05, 0) is 30.2 Å². The number of aromatic nitrogens is 8. The summed E-state index contributed by atoms with van der Waals surface area (Å²) < 4.78 is 6.25. The molecule has 0 aliphatic heterocycles. The highest BCUT2D eigenvalue weighted by Crippen LogP contribution is 2.26. The molecule has 102 valence electrons. The Hall–Kier alpha value is -2.18. The van der Waals surface area contributed by atoms with Crippen LogP contribution in [0.15, 0.2) is 22.2 Å². The van der Waals surface area contributed by atoms with Crippen molar-refractivity contribution in [1.29, 1.82) is 0 Å². The smallest absolute Gasteiger partial charge is 0.257 e. The first-order valence-electron chi connectivity index (χ1n) is 5.30. The molecule has 20 heavy (non-hydrogen) atoms. The zero-order valence-corrected chi connectivity index (χ0v) is 11.8. The second-order valence-electron chi connectivity index (χ2n) is 3.44. The van der Waals surface area contributed by atoms with E-state index in [0.29, 0.717) is 16.9 Å². The van der Waals surface area contributed by atoms with Gasteiger partial charge in [0.25, 0.3) is 5.95 Å². The average Bonchev–Trinajstić information content (AvgIpc) is 3.10. The van der Waals surface area contributed by atoms with Crippen LogP contribution in [0.4, 0.5) is 5.95 Å². The minimum absolute atomic E-state index is 0.231. The van der Waals surface area contributed by atoms with Crippen LogP contribution >= 0.6 is 23.3 Å². The van der Waals surface area contributed by atoms with Crippen LogP contribution in [-0.4, -0.2) is 39.1 Å². The lowest BCUT2D eigenvalue weighted by molar-refractivity contribution is 0.759. The summed E-state index contributed by atoms with van der Waals surface area (Å²) >= 11 is 2.55. The Morgan fingerprint density at radius 2 is 2.20 bits per heavy atom.